The van der Waals surface area contributed by atoms with Gasteiger partial charge in [-0.25, -0.2) is 0 Å². The van der Waals surface area contributed by atoms with Gasteiger partial charge in [0, 0.05) is 16.8 Å². The van der Waals surface area contributed by atoms with E-state index in [2.05, 4.69) is 144 Å². The van der Waals surface area contributed by atoms with Gasteiger partial charge in [0.25, 0.3) is 0 Å². The van der Waals surface area contributed by atoms with Crippen LogP contribution in [0, 0.1) is 0 Å². The van der Waals surface area contributed by atoms with E-state index >= 15 is 0 Å². The Morgan fingerprint density at radius 1 is 0.324 bits per heavy atom. The molecule has 0 spiro atoms. The molecule has 8 rings (SSSR count). The Morgan fingerprint density at radius 3 is 1.41 bits per heavy atom. The summed E-state index contributed by atoms with van der Waals surface area (Å²) in [4.78, 5) is 2.42. The van der Waals surface area contributed by atoms with Gasteiger partial charge in [-0.15, -0.1) is 0 Å². The first-order chi connectivity index (χ1) is 18.3. The molecule has 0 aromatic heterocycles. The van der Waals surface area contributed by atoms with Crippen molar-refractivity contribution in [2.75, 3.05) is 4.90 Å². The summed E-state index contributed by atoms with van der Waals surface area (Å²) in [5, 5.41) is 12.8. The molecule has 0 bridgehead atoms. The maximum atomic E-state index is 2.42. The predicted octanol–water partition coefficient (Wildman–Crippen LogP) is 10.4. The normalized spacial score (nSPS) is 11.8. The van der Waals surface area contributed by atoms with Crippen molar-refractivity contribution >= 4 is 70.9 Å². The third kappa shape index (κ3) is 3.11. The minimum Gasteiger partial charge on any atom is -0.310 e. The van der Waals surface area contributed by atoms with Crippen LogP contribution in [0.2, 0.25) is 0 Å². The summed E-state index contributed by atoms with van der Waals surface area (Å²) in [5.41, 5.74) is 3.50. The van der Waals surface area contributed by atoms with Gasteiger partial charge in [-0.1, -0.05) is 109 Å². The molecule has 0 heterocycles. The van der Waals surface area contributed by atoms with Crippen LogP contribution in [0.1, 0.15) is 0 Å². The zero-order valence-electron chi connectivity index (χ0n) is 20.2. The van der Waals surface area contributed by atoms with Crippen molar-refractivity contribution in [2.45, 2.75) is 0 Å². The second kappa shape index (κ2) is 7.81. The van der Waals surface area contributed by atoms with Crippen LogP contribution in [0.25, 0.3) is 53.9 Å². The molecule has 0 fully saturated rings. The van der Waals surface area contributed by atoms with Gasteiger partial charge in [0.1, 0.15) is 0 Å². The number of nitrogens with zero attached hydrogens (tertiary/aromatic N) is 1. The number of anilines is 3. The molecule has 0 aliphatic rings. The monoisotopic (exact) mass is 469 g/mol. The molecular weight excluding hydrogens is 446 g/mol. The molecule has 37 heavy (non-hydrogen) atoms. The molecule has 1 nitrogen and oxygen atoms in total. The second-order valence-corrected chi connectivity index (χ2v) is 9.84. The van der Waals surface area contributed by atoms with Crippen molar-refractivity contribution in [3.63, 3.8) is 0 Å². The highest BCUT2D eigenvalue weighted by Crippen LogP contribution is 2.44. The number of benzene rings is 8. The van der Waals surface area contributed by atoms with Crippen molar-refractivity contribution in [2.24, 2.45) is 0 Å². The third-order valence-corrected chi connectivity index (χ3v) is 7.73. The Kier molecular flexibility index (Phi) is 4.29. The second-order valence-electron chi connectivity index (χ2n) is 9.84. The number of fused-ring (bicyclic) bond motifs is 2. The number of hydrogen-bond donors (Lipinski definition) is 0. The highest BCUT2D eigenvalue weighted by atomic mass is 15.1. The van der Waals surface area contributed by atoms with Gasteiger partial charge in [0.15, 0.2) is 0 Å². The molecule has 0 aliphatic carbocycles. The van der Waals surface area contributed by atoms with Crippen LogP contribution >= 0.6 is 0 Å². The van der Waals surface area contributed by atoms with Crippen molar-refractivity contribution in [1.29, 1.82) is 0 Å². The summed E-state index contributed by atoms with van der Waals surface area (Å²) in [6, 6.07) is 51.0. The lowest BCUT2D eigenvalue weighted by Gasteiger charge is -2.28. The van der Waals surface area contributed by atoms with Gasteiger partial charge in [0.2, 0.25) is 0 Å². The summed E-state index contributed by atoms with van der Waals surface area (Å²) < 4.78 is 0. The van der Waals surface area contributed by atoms with E-state index in [0.717, 1.165) is 11.4 Å². The van der Waals surface area contributed by atoms with Crippen LogP contribution < -0.4 is 4.90 Å². The lowest BCUT2D eigenvalue weighted by atomic mass is 9.93. The minimum atomic E-state index is 1.16. The highest BCUT2D eigenvalue weighted by molar-refractivity contribution is 6.25. The van der Waals surface area contributed by atoms with E-state index < -0.39 is 0 Å². The van der Waals surface area contributed by atoms with E-state index in [1.54, 1.807) is 0 Å². The fourth-order valence-corrected chi connectivity index (χ4v) is 5.97. The van der Waals surface area contributed by atoms with Gasteiger partial charge in [-0.2, -0.15) is 0 Å². The maximum absolute atomic E-state index is 2.42. The molecule has 0 radical (unpaired) electrons. The first-order valence-electron chi connectivity index (χ1n) is 12.8. The summed E-state index contributed by atoms with van der Waals surface area (Å²) in [7, 11) is 0. The van der Waals surface area contributed by atoms with Crippen LogP contribution in [0.5, 0.6) is 0 Å². The SMILES string of the molecule is c1ccc2cc(N(c3ccc4ccccc4c3)c3ccc4ccc5cccc6ccc3c4c56)ccc2c1. The molecule has 0 atom stereocenters. The largest absolute Gasteiger partial charge is 0.310 e. The third-order valence-electron chi connectivity index (χ3n) is 7.73. The van der Waals surface area contributed by atoms with Crippen molar-refractivity contribution in [1.82, 2.24) is 0 Å². The van der Waals surface area contributed by atoms with Crippen LogP contribution in [0.4, 0.5) is 17.1 Å². The smallest absolute Gasteiger partial charge is 0.0540 e. The summed E-state index contributed by atoms with van der Waals surface area (Å²) in [5.74, 6) is 0. The zero-order chi connectivity index (χ0) is 24.3. The van der Waals surface area contributed by atoms with Gasteiger partial charge in [-0.05, 0) is 78.8 Å². The topological polar surface area (TPSA) is 3.24 Å². The number of hydrogen-bond acceptors (Lipinski definition) is 1. The van der Waals surface area contributed by atoms with Crippen molar-refractivity contribution in [3.8, 4) is 0 Å². The fraction of sp³-hybridized carbons (Fsp3) is 0. The van der Waals surface area contributed by atoms with Gasteiger partial charge in [-0.3, -0.25) is 0 Å². The molecule has 1 heteroatoms. The van der Waals surface area contributed by atoms with Crippen LogP contribution in [0.15, 0.2) is 140 Å². The lowest BCUT2D eigenvalue weighted by Crippen LogP contribution is -2.10. The Morgan fingerprint density at radius 2 is 0.784 bits per heavy atom. The van der Waals surface area contributed by atoms with E-state index in [1.807, 2.05) is 0 Å². The standard InChI is InChI=1S/C36H23N/c1-3-8-29-22-31(18-14-24(29)6-1)37(32-19-15-25-7-2-4-9-30(25)23-32)34-21-17-28-13-12-26-10-5-11-27-16-20-33(34)36(28)35(26)27/h1-23H. The highest BCUT2D eigenvalue weighted by Gasteiger charge is 2.19. The van der Waals surface area contributed by atoms with E-state index in [0.29, 0.717) is 0 Å². The molecule has 0 saturated heterocycles. The molecular formula is C36H23N. The fourth-order valence-electron chi connectivity index (χ4n) is 5.97. The first-order valence-corrected chi connectivity index (χ1v) is 12.8. The molecule has 172 valence electrons. The zero-order valence-corrected chi connectivity index (χ0v) is 20.2. The summed E-state index contributed by atoms with van der Waals surface area (Å²) in [6.07, 6.45) is 0. The van der Waals surface area contributed by atoms with Gasteiger partial charge < -0.3 is 4.90 Å². The molecule has 0 amide bonds. The quantitative estimate of drug-likeness (QED) is 0.233. The molecule has 0 aliphatic heterocycles. The van der Waals surface area contributed by atoms with Gasteiger partial charge in [0.05, 0.1) is 5.69 Å². The molecule has 0 unspecified atom stereocenters. The van der Waals surface area contributed by atoms with Gasteiger partial charge >= 0.3 is 0 Å². The average molecular weight is 470 g/mol. The van der Waals surface area contributed by atoms with Crippen molar-refractivity contribution in [3.05, 3.63) is 140 Å². The molecule has 0 saturated carbocycles. The Hall–Kier alpha value is -4.88. The summed E-state index contributed by atoms with van der Waals surface area (Å²) in [6.45, 7) is 0. The molecule has 8 aromatic rings. The lowest BCUT2D eigenvalue weighted by molar-refractivity contribution is 1.31. The maximum Gasteiger partial charge on any atom is 0.0540 e. The predicted molar refractivity (Wildman–Crippen MR) is 160 cm³/mol. The number of rotatable bonds is 3. The van der Waals surface area contributed by atoms with Crippen molar-refractivity contribution < 1.29 is 0 Å². The van der Waals surface area contributed by atoms with E-state index in [4.69, 9.17) is 0 Å². The van der Waals surface area contributed by atoms with E-state index in [-0.39, 0.29) is 0 Å². The average Bonchev–Trinajstić information content (AvgIpc) is 2.96. The Balaban J connectivity index is 1.46. The van der Waals surface area contributed by atoms with Crippen LogP contribution in [-0.2, 0) is 0 Å². The molecule has 0 N–H and O–H groups in total. The Labute approximate surface area is 215 Å². The minimum absolute atomic E-state index is 1.16. The van der Waals surface area contributed by atoms with Crippen LogP contribution in [-0.4, -0.2) is 0 Å². The van der Waals surface area contributed by atoms with Crippen LogP contribution in [0.3, 0.4) is 0 Å². The molecule has 8 aromatic carbocycles. The van der Waals surface area contributed by atoms with E-state index in [9.17, 15) is 0 Å². The van der Waals surface area contributed by atoms with E-state index in [1.165, 1.54) is 59.5 Å². The Bertz CT molecular complexity index is 2010. The summed E-state index contributed by atoms with van der Waals surface area (Å²) >= 11 is 0. The first kappa shape index (κ1) is 20.3.